The van der Waals surface area contributed by atoms with E-state index in [4.69, 9.17) is 9.47 Å². The Labute approximate surface area is 141 Å². The van der Waals surface area contributed by atoms with Crippen molar-refractivity contribution in [3.05, 3.63) is 53.1 Å². The molecule has 0 aliphatic carbocycles. The summed E-state index contributed by atoms with van der Waals surface area (Å²) in [5, 5.41) is 23.1. The van der Waals surface area contributed by atoms with Crippen LogP contribution in [-0.2, 0) is 0 Å². The molecule has 5 nitrogen and oxygen atoms in total. The molecule has 0 saturated heterocycles. The van der Waals surface area contributed by atoms with Crippen LogP contribution in [0.15, 0.2) is 36.4 Å². The number of aliphatic hydroxyl groups is 1. The largest absolute Gasteiger partial charge is 0.508 e. The van der Waals surface area contributed by atoms with Crippen molar-refractivity contribution >= 4 is 12.4 Å². The first-order valence-corrected chi connectivity index (χ1v) is 7.10. The SMILES string of the molecule is COc1ccc(C2NCC(O)c3cc(O)ccc32)cc1OC.Cl. The zero-order valence-corrected chi connectivity index (χ0v) is 13.8. The molecule has 0 saturated carbocycles. The highest BCUT2D eigenvalue weighted by Gasteiger charge is 2.27. The second kappa shape index (κ2) is 7.08. The molecule has 0 fully saturated rings. The third-order valence-corrected chi connectivity index (χ3v) is 4.00. The summed E-state index contributed by atoms with van der Waals surface area (Å²) in [4.78, 5) is 0. The van der Waals surface area contributed by atoms with Crippen LogP contribution >= 0.6 is 12.4 Å². The van der Waals surface area contributed by atoms with Gasteiger partial charge in [0.1, 0.15) is 5.75 Å². The van der Waals surface area contributed by atoms with Gasteiger partial charge in [-0.25, -0.2) is 0 Å². The van der Waals surface area contributed by atoms with Gasteiger partial charge in [0.05, 0.1) is 26.4 Å². The van der Waals surface area contributed by atoms with E-state index >= 15 is 0 Å². The molecule has 0 amide bonds. The van der Waals surface area contributed by atoms with Crippen molar-refractivity contribution in [3.63, 3.8) is 0 Å². The predicted molar refractivity (Wildman–Crippen MR) is 89.7 cm³/mol. The first-order chi connectivity index (χ1) is 10.6. The normalized spacial score (nSPS) is 19.4. The Morgan fingerprint density at radius 1 is 1.00 bits per heavy atom. The second-order valence-corrected chi connectivity index (χ2v) is 5.28. The maximum atomic E-state index is 10.1. The molecule has 124 valence electrons. The van der Waals surface area contributed by atoms with Gasteiger partial charge in [0, 0.05) is 6.54 Å². The fourth-order valence-corrected chi connectivity index (χ4v) is 2.89. The van der Waals surface area contributed by atoms with Crippen LogP contribution < -0.4 is 14.8 Å². The van der Waals surface area contributed by atoms with E-state index in [0.717, 1.165) is 16.7 Å². The molecule has 23 heavy (non-hydrogen) atoms. The number of rotatable bonds is 3. The fraction of sp³-hybridized carbons (Fsp3) is 0.294. The average Bonchev–Trinajstić information content (AvgIpc) is 2.55. The molecule has 0 radical (unpaired) electrons. The summed E-state index contributed by atoms with van der Waals surface area (Å²) < 4.78 is 10.6. The molecular weight excluding hydrogens is 318 g/mol. The van der Waals surface area contributed by atoms with E-state index < -0.39 is 6.10 Å². The Morgan fingerprint density at radius 2 is 1.74 bits per heavy atom. The van der Waals surface area contributed by atoms with E-state index in [-0.39, 0.29) is 24.2 Å². The highest BCUT2D eigenvalue weighted by Crippen LogP contribution is 2.37. The monoisotopic (exact) mass is 337 g/mol. The van der Waals surface area contributed by atoms with Crippen LogP contribution in [0.25, 0.3) is 0 Å². The number of fused-ring (bicyclic) bond motifs is 1. The first kappa shape index (κ1) is 17.4. The van der Waals surface area contributed by atoms with Crippen LogP contribution in [0.3, 0.4) is 0 Å². The van der Waals surface area contributed by atoms with Crippen LogP contribution in [0.4, 0.5) is 0 Å². The molecule has 1 aliphatic heterocycles. The quantitative estimate of drug-likeness (QED) is 0.803. The van der Waals surface area contributed by atoms with Crippen molar-refractivity contribution < 1.29 is 19.7 Å². The van der Waals surface area contributed by atoms with E-state index in [1.54, 1.807) is 26.4 Å². The van der Waals surface area contributed by atoms with Crippen molar-refractivity contribution in [2.24, 2.45) is 0 Å². The number of aliphatic hydroxyl groups excluding tert-OH is 1. The number of β-amino-alcohol motifs (C(OH)–C–C–N with tert-alkyl or cyclic N) is 1. The molecule has 2 atom stereocenters. The Balaban J connectivity index is 0.00000192. The summed E-state index contributed by atoms with van der Waals surface area (Å²) in [5.41, 5.74) is 2.71. The topological polar surface area (TPSA) is 71.0 Å². The number of phenols is 1. The molecule has 2 unspecified atom stereocenters. The lowest BCUT2D eigenvalue weighted by molar-refractivity contribution is 0.160. The Bertz CT molecular complexity index is 692. The number of halogens is 1. The third-order valence-electron chi connectivity index (χ3n) is 4.00. The molecule has 0 bridgehead atoms. The predicted octanol–water partition coefficient (Wildman–Crippen LogP) is 2.56. The number of hydrogen-bond donors (Lipinski definition) is 3. The van der Waals surface area contributed by atoms with Gasteiger partial charge in [-0.1, -0.05) is 12.1 Å². The number of aromatic hydroxyl groups is 1. The van der Waals surface area contributed by atoms with Crippen molar-refractivity contribution in [1.82, 2.24) is 5.32 Å². The minimum Gasteiger partial charge on any atom is -0.508 e. The zero-order chi connectivity index (χ0) is 15.7. The van der Waals surface area contributed by atoms with Gasteiger partial charge in [-0.05, 0) is 41.0 Å². The lowest BCUT2D eigenvalue weighted by Crippen LogP contribution is -2.33. The number of benzene rings is 2. The standard InChI is InChI=1S/C17H19NO4.ClH/c1-21-15-6-3-10(7-16(15)22-2)17-12-5-4-11(19)8-13(12)14(20)9-18-17;/h3-8,14,17-20H,9H2,1-2H3;1H. The van der Waals surface area contributed by atoms with Gasteiger partial charge in [-0.15, -0.1) is 12.4 Å². The van der Waals surface area contributed by atoms with Crippen molar-refractivity contribution in [1.29, 1.82) is 0 Å². The van der Waals surface area contributed by atoms with Crippen molar-refractivity contribution in [2.75, 3.05) is 20.8 Å². The van der Waals surface area contributed by atoms with Gasteiger partial charge < -0.3 is 25.0 Å². The molecule has 0 aromatic heterocycles. The molecule has 3 rings (SSSR count). The number of ether oxygens (including phenoxy) is 2. The van der Waals surface area contributed by atoms with Gasteiger partial charge in [-0.3, -0.25) is 0 Å². The molecular formula is C17H20ClNO4. The number of phenolic OH excluding ortho intramolecular Hbond substituents is 1. The molecule has 2 aromatic carbocycles. The lowest BCUT2D eigenvalue weighted by atomic mass is 9.88. The van der Waals surface area contributed by atoms with Crippen LogP contribution in [0.1, 0.15) is 28.8 Å². The summed E-state index contributed by atoms with van der Waals surface area (Å²) >= 11 is 0. The highest BCUT2D eigenvalue weighted by molar-refractivity contribution is 5.85. The Hall–Kier alpha value is -1.95. The maximum absolute atomic E-state index is 10.1. The maximum Gasteiger partial charge on any atom is 0.161 e. The summed E-state index contributed by atoms with van der Waals surface area (Å²) in [7, 11) is 3.20. The summed E-state index contributed by atoms with van der Waals surface area (Å²) in [6.45, 7) is 0.426. The lowest BCUT2D eigenvalue weighted by Gasteiger charge is -2.31. The Morgan fingerprint density at radius 3 is 2.43 bits per heavy atom. The van der Waals surface area contributed by atoms with Gasteiger partial charge >= 0.3 is 0 Å². The summed E-state index contributed by atoms with van der Waals surface area (Å²) in [6, 6.07) is 10.8. The van der Waals surface area contributed by atoms with Crippen LogP contribution in [0.2, 0.25) is 0 Å². The van der Waals surface area contributed by atoms with Gasteiger partial charge in [0.2, 0.25) is 0 Å². The molecule has 6 heteroatoms. The van der Waals surface area contributed by atoms with E-state index in [9.17, 15) is 10.2 Å². The molecule has 1 heterocycles. The van der Waals surface area contributed by atoms with Gasteiger partial charge in [0.15, 0.2) is 11.5 Å². The number of nitrogens with one attached hydrogen (secondary N) is 1. The number of methoxy groups -OCH3 is 2. The van der Waals surface area contributed by atoms with E-state index in [2.05, 4.69) is 5.32 Å². The van der Waals surface area contributed by atoms with Gasteiger partial charge in [-0.2, -0.15) is 0 Å². The fourth-order valence-electron chi connectivity index (χ4n) is 2.89. The van der Waals surface area contributed by atoms with E-state index in [1.807, 2.05) is 24.3 Å². The smallest absolute Gasteiger partial charge is 0.161 e. The molecule has 1 aliphatic rings. The minimum absolute atomic E-state index is 0. The first-order valence-electron chi connectivity index (χ1n) is 7.10. The third kappa shape index (κ3) is 3.22. The van der Waals surface area contributed by atoms with Gasteiger partial charge in [0.25, 0.3) is 0 Å². The van der Waals surface area contributed by atoms with Crippen LogP contribution in [-0.4, -0.2) is 31.0 Å². The molecule has 2 aromatic rings. The Kier molecular flexibility index (Phi) is 5.36. The number of hydrogen-bond acceptors (Lipinski definition) is 5. The van der Waals surface area contributed by atoms with Crippen molar-refractivity contribution in [2.45, 2.75) is 12.1 Å². The minimum atomic E-state index is -0.626. The second-order valence-electron chi connectivity index (χ2n) is 5.28. The highest BCUT2D eigenvalue weighted by atomic mass is 35.5. The summed E-state index contributed by atoms with van der Waals surface area (Å²) in [6.07, 6.45) is -0.626. The van der Waals surface area contributed by atoms with E-state index in [0.29, 0.717) is 18.0 Å². The zero-order valence-electron chi connectivity index (χ0n) is 12.9. The average molecular weight is 338 g/mol. The van der Waals surface area contributed by atoms with E-state index in [1.165, 1.54) is 0 Å². The molecule has 0 spiro atoms. The van der Waals surface area contributed by atoms with Crippen molar-refractivity contribution in [3.8, 4) is 17.2 Å². The summed E-state index contributed by atoms with van der Waals surface area (Å²) in [5.74, 6) is 1.49. The van der Waals surface area contributed by atoms with Crippen LogP contribution in [0.5, 0.6) is 17.2 Å². The molecule has 3 N–H and O–H groups in total. The van der Waals surface area contributed by atoms with Crippen LogP contribution in [0, 0.1) is 0 Å².